The van der Waals surface area contributed by atoms with E-state index in [1.54, 1.807) is 0 Å². The third-order valence-corrected chi connectivity index (χ3v) is 4.71. The fraction of sp³-hybridized carbons (Fsp3) is 1.00. The van der Waals surface area contributed by atoms with Gasteiger partial charge in [0.2, 0.25) is 0 Å². The molecule has 2 heteroatoms. The summed E-state index contributed by atoms with van der Waals surface area (Å²) in [6.07, 6.45) is 10.3. The van der Waals surface area contributed by atoms with E-state index in [4.69, 9.17) is 0 Å². The molecule has 0 N–H and O–H groups in total. The second-order valence-corrected chi connectivity index (χ2v) is 5.62. The van der Waals surface area contributed by atoms with Gasteiger partial charge >= 0.3 is 0 Å². The zero-order chi connectivity index (χ0) is 10.1. The predicted octanol–water partition coefficient (Wildman–Crippen LogP) is 2.10. The number of hydrogen-bond acceptors (Lipinski definition) is 2. The Morgan fingerprint density at radius 1 is 0.600 bits per heavy atom. The van der Waals surface area contributed by atoms with E-state index in [-0.39, 0.29) is 0 Å². The average molecular weight is 208 g/mol. The summed E-state index contributed by atoms with van der Waals surface area (Å²) in [6, 6.07) is 1.86. The highest BCUT2D eigenvalue weighted by atomic mass is 15.3. The standard InChI is InChI=1S/C13H24N2/c1-2-6-12(5-1)15-10-9-14-8-4-3-7-13(14)11-15/h12-13H,1-11H2. The lowest BCUT2D eigenvalue weighted by atomic mass is 9.98. The molecule has 2 nitrogen and oxygen atoms in total. The monoisotopic (exact) mass is 208 g/mol. The van der Waals surface area contributed by atoms with Gasteiger partial charge in [0.25, 0.3) is 0 Å². The topological polar surface area (TPSA) is 6.48 Å². The van der Waals surface area contributed by atoms with Crippen molar-refractivity contribution in [1.82, 2.24) is 9.80 Å². The first-order chi connectivity index (χ1) is 7.43. The molecule has 1 unspecified atom stereocenters. The maximum absolute atomic E-state index is 2.81. The smallest absolute Gasteiger partial charge is 0.0223 e. The molecule has 86 valence electrons. The molecule has 3 fully saturated rings. The molecular formula is C13H24N2. The molecule has 0 radical (unpaired) electrons. The lowest BCUT2D eigenvalue weighted by Gasteiger charge is -2.46. The molecule has 0 spiro atoms. The van der Waals surface area contributed by atoms with Crippen LogP contribution in [0.5, 0.6) is 0 Å². The molecule has 1 aliphatic carbocycles. The van der Waals surface area contributed by atoms with E-state index < -0.39 is 0 Å². The Balaban J connectivity index is 1.59. The van der Waals surface area contributed by atoms with E-state index in [1.807, 2.05) is 0 Å². The van der Waals surface area contributed by atoms with Gasteiger partial charge < -0.3 is 0 Å². The summed E-state index contributed by atoms with van der Waals surface area (Å²) in [5.41, 5.74) is 0. The van der Waals surface area contributed by atoms with Crippen molar-refractivity contribution < 1.29 is 0 Å². The normalized spacial score (nSPS) is 35.6. The maximum Gasteiger partial charge on any atom is 0.0223 e. The maximum atomic E-state index is 2.81. The zero-order valence-corrected chi connectivity index (χ0v) is 9.83. The summed E-state index contributed by atoms with van der Waals surface area (Å²) in [7, 11) is 0. The fourth-order valence-electron chi connectivity index (χ4n) is 3.78. The summed E-state index contributed by atoms with van der Waals surface area (Å²) in [4.78, 5) is 5.55. The molecule has 15 heavy (non-hydrogen) atoms. The van der Waals surface area contributed by atoms with E-state index in [1.165, 1.54) is 71.1 Å². The van der Waals surface area contributed by atoms with Crippen molar-refractivity contribution in [3.8, 4) is 0 Å². The Labute approximate surface area is 93.6 Å². The van der Waals surface area contributed by atoms with Gasteiger partial charge in [-0.05, 0) is 32.2 Å². The van der Waals surface area contributed by atoms with Crippen LogP contribution in [0.25, 0.3) is 0 Å². The highest BCUT2D eigenvalue weighted by molar-refractivity contribution is 4.89. The second-order valence-electron chi connectivity index (χ2n) is 5.62. The predicted molar refractivity (Wildman–Crippen MR) is 63.0 cm³/mol. The van der Waals surface area contributed by atoms with Crippen LogP contribution in [0.4, 0.5) is 0 Å². The molecular weight excluding hydrogens is 184 g/mol. The van der Waals surface area contributed by atoms with Crippen molar-refractivity contribution >= 4 is 0 Å². The minimum absolute atomic E-state index is 0.910. The van der Waals surface area contributed by atoms with Crippen molar-refractivity contribution in [3.63, 3.8) is 0 Å². The van der Waals surface area contributed by atoms with Gasteiger partial charge in [0.15, 0.2) is 0 Å². The fourth-order valence-corrected chi connectivity index (χ4v) is 3.78. The highest BCUT2D eigenvalue weighted by Gasteiger charge is 2.32. The van der Waals surface area contributed by atoms with E-state index in [0.717, 1.165) is 12.1 Å². The number of piperazine rings is 1. The van der Waals surface area contributed by atoms with Crippen LogP contribution in [-0.2, 0) is 0 Å². The first-order valence-corrected chi connectivity index (χ1v) is 6.91. The summed E-state index contributed by atoms with van der Waals surface area (Å²) in [5.74, 6) is 0. The van der Waals surface area contributed by atoms with Crippen molar-refractivity contribution in [3.05, 3.63) is 0 Å². The molecule has 1 saturated carbocycles. The SMILES string of the molecule is C1CCN2CCN(C3CCCC3)CC2C1. The third-order valence-electron chi connectivity index (χ3n) is 4.71. The van der Waals surface area contributed by atoms with Crippen LogP contribution in [0.15, 0.2) is 0 Å². The molecule has 0 aromatic heterocycles. The van der Waals surface area contributed by atoms with Gasteiger partial charge in [-0.15, -0.1) is 0 Å². The van der Waals surface area contributed by atoms with E-state index in [2.05, 4.69) is 9.80 Å². The minimum atomic E-state index is 0.910. The Morgan fingerprint density at radius 2 is 1.27 bits per heavy atom. The molecule has 0 amide bonds. The van der Waals surface area contributed by atoms with Gasteiger partial charge in [0.05, 0.1) is 0 Å². The molecule has 0 aromatic carbocycles. The van der Waals surface area contributed by atoms with Crippen molar-refractivity contribution in [2.24, 2.45) is 0 Å². The molecule has 2 heterocycles. The lowest BCUT2D eigenvalue weighted by Crippen LogP contribution is -2.56. The van der Waals surface area contributed by atoms with Crippen LogP contribution in [0.2, 0.25) is 0 Å². The quantitative estimate of drug-likeness (QED) is 0.651. The Bertz CT molecular complexity index is 211. The van der Waals surface area contributed by atoms with Gasteiger partial charge in [-0.2, -0.15) is 0 Å². The van der Waals surface area contributed by atoms with Gasteiger partial charge in [-0.25, -0.2) is 0 Å². The first kappa shape index (κ1) is 10.1. The third kappa shape index (κ3) is 2.07. The van der Waals surface area contributed by atoms with Crippen molar-refractivity contribution in [2.45, 2.75) is 57.0 Å². The Hall–Kier alpha value is -0.0800. The molecule has 3 aliphatic rings. The Morgan fingerprint density at radius 3 is 2.13 bits per heavy atom. The van der Waals surface area contributed by atoms with Gasteiger partial charge in [0, 0.05) is 31.7 Å². The zero-order valence-electron chi connectivity index (χ0n) is 9.83. The van der Waals surface area contributed by atoms with Gasteiger partial charge in [-0.3, -0.25) is 9.80 Å². The summed E-state index contributed by atoms with van der Waals surface area (Å²) < 4.78 is 0. The van der Waals surface area contributed by atoms with Crippen LogP contribution in [0.1, 0.15) is 44.9 Å². The van der Waals surface area contributed by atoms with Crippen LogP contribution < -0.4 is 0 Å². The van der Waals surface area contributed by atoms with Crippen LogP contribution in [-0.4, -0.2) is 48.1 Å². The van der Waals surface area contributed by atoms with E-state index >= 15 is 0 Å². The summed E-state index contributed by atoms with van der Waals surface area (Å²) in [5, 5.41) is 0. The largest absolute Gasteiger partial charge is 0.298 e. The van der Waals surface area contributed by atoms with E-state index in [9.17, 15) is 0 Å². The molecule has 0 aromatic rings. The van der Waals surface area contributed by atoms with Crippen molar-refractivity contribution in [2.75, 3.05) is 26.2 Å². The summed E-state index contributed by atoms with van der Waals surface area (Å²) >= 11 is 0. The molecule has 2 aliphatic heterocycles. The molecule has 0 bridgehead atoms. The average Bonchev–Trinajstić information content (AvgIpc) is 2.82. The van der Waals surface area contributed by atoms with Crippen LogP contribution in [0.3, 0.4) is 0 Å². The van der Waals surface area contributed by atoms with E-state index in [0.29, 0.717) is 0 Å². The van der Waals surface area contributed by atoms with Gasteiger partial charge in [0.1, 0.15) is 0 Å². The number of fused-ring (bicyclic) bond motifs is 1. The molecule has 2 saturated heterocycles. The highest BCUT2D eigenvalue weighted by Crippen LogP contribution is 2.28. The first-order valence-electron chi connectivity index (χ1n) is 6.91. The summed E-state index contributed by atoms with van der Waals surface area (Å²) in [6.45, 7) is 5.45. The minimum Gasteiger partial charge on any atom is -0.298 e. The molecule has 3 rings (SSSR count). The number of piperidine rings is 1. The second kappa shape index (κ2) is 4.42. The molecule has 1 atom stereocenters. The Kier molecular flexibility index (Phi) is 2.98. The van der Waals surface area contributed by atoms with Crippen LogP contribution >= 0.6 is 0 Å². The number of nitrogens with zero attached hydrogens (tertiary/aromatic N) is 2. The lowest BCUT2D eigenvalue weighted by molar-refractivity contribution is 0.0287. The van der Waals surface area contributed by atoms with Gasteiger partial charge in [-0.1, -0.05) is 19.3 Å². The number of rotatable bonds is 1. The number of hydrogen-bond donors (Lipinski definition) is 0. The van der Waals surface area contributed by atoms with Crippen molar-refractivity contribution in [1.29, 1.82) is 0 Å². The van der Waals surface area contributed by atoms with Crippen LogP contribution in [0, 0.1) is 0 Å².